The van der Waals surface area contributed by atoms with E-state index in [0.29, 0.717) is 29.7 Å². The van der Waals surface area contributed by atoms with E-state index in [9.17, 15) is 34.8 Å². The molecule has 0 bridgehead atoms. The van der Waals surface area contributed by atoms with Gasteiger partial charge < -0.3 is 8.31 Å². The molecular formula is C16H14F3NO6S3. The predicted molar refractivity (Wildman–Crippen MR) is 101 cm³/mol. The molecule has 0 radical (unpaired) electrons. The summed E-state index contributed by atoms with van der Waals surface area (Å²) in [6.07, 6.45) is 0.885. The largest absolute Gasteiger partial charge is 0.480 e. The van der Waals surface area contributed by atoms with Crippen molar-refractivity contribution in [2.75, 3.05) is 11.5 Å². The van der Waals surface area contributed by atoms with Gasteiger partial charge in [0, 0.05) is 21.7 Å². The van der Waals surface area contributed by atoms with Crippen molar-refractivity contribution in [3.63, 3.8) is 0 Å². The van der Waals surface area contributed by atoms with Gasteiger partial charge in [-0.25, -0.2) is 16.8 Å². The number of fused-ring (bicyclic) bond motifs is 1. The van der Waals surface area contributed by atoms with Crippen molar-refractivity contribution in [1.29, 1.82) is 0 Å². The minimum Gasteiger partial charge on any atom is -0.394 e. The van der Waals surface area contributed by atoms with E-state index in [1.54, 1.807) is 24.3 Å². The van der Waals surface area contributed by atoms with Crippen LogP contribution in [0.1, 0.15) is 12.8 Å². The normalized spacial score (nSPS) is 16.9. The summed E-state index contributed by atoms with van der Waals surface area (Å²) in [5, 5.41) is 0.883. The third-order valence-corrected chi connectivity index (χ3v) is 8.95. The van der Waals surface area contributed by atoms with E-state index in [1.165, 1.54) is 12.1 Å². The molecule has 0 amide bonds. The van der Waals surface area contributed by atoms with Crippen molar-refractivity contribution in [2.45, 2.75) is 23.2 Å². The highest BCUT2D eigenvalue weighted by atomic mass is 32.3. The Hall–Kier alpha value is -1.83. The van der Waals surface area contributed by atoms with E-state index in [-0.39, 0.29) is 27.8 Å². The van der Waals surface area contributed by atoms with Crippen LogP contribution in [0.4, 0.5) is 13.2 Å². The molecule has 1 fully saturated rings. The van der Waals surface area contributed by atoms with Gasteiger partial charge in [0.1, 0.15) is 23.0 Å². The molecule has 7 nitrogen and oxygen atoms in total. The number of hydrogen-bond donors (Lipinski definition) is 0. The summed E-state index contributed by atoms with van der Waals surface area (Å²) in [5.41, 5.74) is -5.87. The number of carbonyl (C=O) groups excluding carboxylic acids is 1. The molecule has 1 aliphatic rings. The van der Waals surface area contributed by atoms with Crippen molar-refractivity contribution in [3.05, 3.63) is 40.5 Å². The Labute approximate surface area is 167 Å². The molecule has 3 rings (SSSR count). The van der Waals surface area contributed by atoms with E-state index >= 15 is 0 Å². The minimum absolute atomic E-state index is 0.177. The first-order valence-corrected chi connectivity index (χ1v) is 12.5. The van der Waals surface area contributed by atoms with Crippen LogP contribution in [0.15, 0.2) is 41.3 Å². The topological polar surface area (TPSA) is 109 Å². The lowest BCUT2D eigenvalue weighted by molar-refractivity contribution is -0.118. The monoisotopic (exact) mass is 469 g/mol. The maximum Gasteiger partial charge on any atom is 0.480 e. The Morgan fingerprint density at radius 1 is 0.931 bits per heavy atom. The molecule has 0 saturated carbocycles. The van der Waals surface area contributed by atoms with Crippen molar-refractivity contribution in [2.24, 2.45) is 0 Å². The Bertz CT molecular complexity index is 1150. The van der Waals surface area contributed by atoms with Crippen LogP contribution in [-0.2, 0) is 36.0 Å². The van der Waals surface area contributed by atoms with Gasteiger partial charge in [0.25, 0.3) is 0 Å². The van der Waals surface area contributed by atoms with Crippen molar-refractivity contribution in [3.8, 4) is 5.75 Å². The Morgan fingerprint density at radius 3 is 2.10 bits per heavy atom. The second-order valence-electron chi connectivity index (χ2n) is 6.05. The molecular weight excluding hydrogens is 455 g/mol. The first-order valence-electron chi connectivity index (χ1n) is 8.10. The number of sulfonamides is 1. The molecule has 0 N–H and O–H groups in total. The molecule has 0 spiro atoms. The zero-order chi connectivity index (χ0) is 21.4. The Balaban J connectivity index is 1.95. The SMILES string of the molecule is O=C1CC[S+](c2ccc(OS(=O)(=O)[N-]S(=O)(=O)C(F)(F)F)c3ccccc23)CC1. The lowest BCUT2D eigenvalue weighted by Gasteiger charge is -2.22. The smallest absolute Gasteiger partial charge is 0.394 e. The summed E-state index contributed by atoms with van der Waals surface area (Å²) >= 11 is 0. The van der Waals surface area contributed by atoms with Gasteiger partial charge in [-0.3, -0.25) is 4.79 Å². The van der Waals surface area contributed by atoms with Crippen LogP contribution in [0, 0.1) is 0 Å². The van der Waals surface area contributed by atoms with E-state index in [4.69, 9.17) is 0 Å². The maximum absolute atomic E-state index is 12.4. The van der Waals surface area contributed by atoms with E-state index in [1.807, 2.05) is 4.13 Å². The van der Waals surface area contributed by atoms with Crippen LogP contribution in [-0.4, -0.2) is 39.6 Å². The van der Waals surface area contributed by atoms with Gasteiger partial charge in [-0.05, 0) is 18.2 Å². The van der Waals surface area contributed by atoms with Crippen LogP contribution in [0.2, 0.25) is 0 Å². The molecule has 2 aromatic rings. The van der Waals surface area contributed by atoms with Gasteiger partial charge in [-0.15, -0.1) is 0 Å². The number of alkyl halides is 3. The first kappa shape index (κ1) is 21.9. The van der Waals surface area contributed by atoms with Crippen LogP contribution in [0.5, 0.6) is 5.75 Å². The lowest BCUT2D eigenvalue weighted by atomic mass is 10.1. The molecule has 1 aliphatic heterocycles. The summed E-state index contributed by atoms with van der Waals surface area (Å²) in [4.78, 5) is 12.4. The highest BCUT2D eigenvalue weighted by Crippen LogP contribution is 2.36. The maximum atomic E-state index is 12.4. The molecule has 0 atom stereocenters. The molecule has 0 unspecified atom stereocenters. The van der Waals surface area contributed by atoms with Gasteiger partial charge in [-0.2, -0.15) is 13.2 Å². The second-order valence-corrected chi connectivity index (χ2v) is 11.3. The zero-order valence-electron chi connectivity index (χ0n) is 14.5. The summed E-state index contributed by atoms with van der Waals surface area (Å²) in [7, 11) is -12.0. The standard InChI is InChI=1S/C16H14F3NO6S3/c17-16(18,19)28(22,23)20-29(24,25)26-14-5-6-15(13-4-2-1-3-12(13)14)27-9-7-11(21)8-10-27/h1-6H,7-10H2. The van der Waals surface area contributed by atoms with Gasteiger partial charge >= 0.3 is 5.51 Å². The van der Waals surface area contributed by atoms with Crippen molar-refractivity contribution >= 4 is 47.8 Å². The lowest BCUT2D eigenvalue weighted by Crippen LogP contribution is -2.25. The number of rotatable bonds is 5. The first-order chi connectivity index (χ1) is 13.4. The van der Waals surface area contributed by atoms with Gasteiger partial charge in [0.2, 0.25) is 10.3 Å². The fraction of sp³-hybridized carbons (Fsp3) is 0.312. The highest BCUT2D eigenvalue weighted by molar-refractivity contribution is 8.10. The summed E-state index contributed by atoms with van der Waals surface area (Å²) in [5.74, 6) is 1.14. The van der Waals surface area contributed by atoms with E-state index in [0.717, 1.165) is 4.90 Å². The summed E-state index contributed by atoms with van der Waals surface area (Å²) in [6, 6.07) is 9.28. The fourth-order valence-electron chi connectivity index (χ4n) is 2.78. The van der Waals surface area contributed by atoms with E-state index in [2.05, 4.69) is 4.18 Å². The molecule has 158 valence electrons. The predicted octanol–water partition coefficient (Wildman–Crippen LogP) is 3.03. The zero-order valence-corrected chi connectivity index (χ0v) is 17.0. The number of Topliss-reactive ketones (excluding diaryl/α,β-unsaturated/α-hetero) is 1. The molecule has 0 aliphatic carbocycles. The minimum atomic E-state index is -6.28. The summed E-state index contributed by atoms with van der Waals surface area (Å²) in [6.45, 7) is 0. The van der Waals surface area contributed by atoms with Crippen LogP contribution in [0.25, 0.3) is 14.9 Å². The number of carbonyl (C=O) groups is 1. The molecule has 13 heteroatoms. The second kappa shape index (κ2) is 7.78. The number of hydrogen-bond acceptors (Lipinski definition) is 6. The quantitative estimate of drug-likeness (QED) is 0.623. The Kier molecular flexibility index (Phi) is 5.87. The van der Waals surface area contributed by atoms with Crippen LogP contribution >= 0.6 is 0 Å². The average molecular weight is 469 g/mol. The molecule has 1 heterocycles. The van der Waals surface area contributed by atoms with Crippen molar-refractivity contribution < 1.29 is 39.0 Å². The number of halogens is 3. The van der Waals surface area contributed by atoms with Gasteiger partial charge in [0.15, 0.2) is 14.9 Å². The van der Waals surface area contributed by atoms with Gasteiger partial charge in [-0.1, -0.05) is 18.2 Å². The number of ketones is 1. The fourth-order valence-corrected chi connectivity index (χ4v) is 6.92. The molecule has 0 aromatic heterocycles. The average Bonchev–Trinajstić information content (AvgIpc) is 2.61. The van der Waals surface area contributed by atoms with Crippen LogP contribution in [0.3, 0.4) is 0 Å². The Morgan fingerprint density at radius 2 is 1.52 bits per heavy atom. The third kappa shape index (κ3) is 4.85. The van der Waals surface area contributed by atoms with Crippen molar-refractivity contribution in [1.82, 2.24) is 0 Å². The molecule has 2 aromatic carbocycles. The number of benzene rings is 2. The van der Waals surface area contributed by atoms with Crippen LogP contribution < -0.4 is 4.18 Å². The third-order valence-electron chi connectivity index (χ3n) is 4.09. The molecule has 1 saturated heterocycles. The summed E-state index contributed by atoms with van der Waals surface area (Å²) < 4.78 is 89.4. The van der Waals surface area contributed by atoms with E-state index < -0.39 is 25.8 Å². The van der Waals surface area contributed by atoms with Gasteiger partial charge in [0.05, 0.1) is 12.8 Å². The number of nitrogens with zero attached hydrogens (tertiary/aromatic N) is 1. The molecule has 29 heavy (non-hydrogen) atoms. The highest BCUT2D eigenvalue weighted by Gasteiger charge is 2.41.